The van der Waals surface area contributed by atoms with E-state index in [1.54, 1.807) is 0 Å². The van der Waals surface area contributed by atoms with E-state index in [0.717, 1.165) is 11.7 Å². The van der Waals surface area contributed by atoms with Crippen LogP contribution in [0.15, 0.2) is 0 Å². The lowest BCUT2D eigenvalue weighted by atomic mass is 9.89. The van der Waals surface area contributed by atoms with Gasteiger partial charge in [-0.15, -0.1) is 0 Å². The van der Waals surface area contributed by atoms with Gasteiger partial charge in [0.15, 0.2) is 0 Å². The molecule has 0 aromatic rings. The van der Waals surface area contributed by atoms with Crippen LogP contribution >= 0.6 is 11.8 Å². The molecular formula is C11H25NS. The maximum atomic E-state index is 6.06. The first-order chi connectivity index (χ1) is 5.88. The molecule has 0 aliphatic rings. The third kappa shape index (κ3) is 6.39. The molecule has 0 aromatic carbocycles. The summed E-state index contributed by atoms with van der Waals surface area (Å²) in [5, 5.41) is 0. The van der Waals surface area contributed by atoms with Gasteiger partial charge in [-0.25, -0.2) is 0 Å². The molecule has 0 aliphatic carbocycles. The van der Waals surface area contributed by atoms with Crippen LogP contribution in [-0.4, -0.2) is 17.5 Å². The highest BCUT2D eigenvalue weighted by molar-refractivity contribution is 7.99. The Hall–Kier alpha value is 0.310. The highest BCUT2D eigenvalue weighted by atomic mass is 32.2. The summed E-state index contributed by atoms with van der Waals surface area (Å²) >= 11 is 2.00. The van der Waals surface area contributed by atoms with Crippen LogP contribution in [0, 0.1) is 11.3 Å². The first-order valence-corrected chi connectivity index (χ1v) is 6.36. The Labute approximate surface area is 87.9 Å². The molecule has 0 radical (unpaired) electrons. The van der Waals surface area contributed by atoms with Gasteiger partial charge in [0.2, 0.25) is 0 Å². The van der Waals surface area contributed by atoms with Crippen LogP contribution in [0.1, 0.15) is 41.0 Å². The van der Waals surface area contributed by atoms with Crippen LogP contribution in [0.25, 0.3) is 0 Å². The molecule has 0 saturated carbocycles. The summed E-state index contributed by atoms with van der Waals surface area (Å²) in [6.45, 7) is 11.2. The minimum atomic E-state index is 0.252. The van der Waals surface area contributed by atoms with Crippen molar-refractivity contribution in [3.05, 3.63) is 0 Å². The van der Waals surface area contributed by atoms with E-state index in [0.29, 0.717) is 6.04 Å². The largest absolute Gasteiger partial charge is 0.326 e. The quantitative estimate of drug-likeness (QED) is 0.743. The number of hydrogen-bond donors (Lipinski definition) is 1. The van der Waals surface area contributed by atoms with Crippen LogP contribution in [0.4, 0.5) is 0 Å². The number of rotatable bonds is 5. The summed E-state index contributed by atoms with van der Waals surface area (Å²) in [5.74, 6) is 3.17. The fourth-order valence-electron chi connectivity index (χ4n) is 0.764. The molecule has 0 heterocycles. The zero-order valence-electron chi connectivity index (χ0n) is 9.76. The Bertz CT molecular complexity index is 129. The highest BCUT2D eigenvalue weighted by Gasteiger charge is 2.20. The van der Waals surface area contributed by atoms with Gasteiger partial charge in [-0.1, -0.05) is 41.0 Å². The van der Waals surface area contributed by atoms with Gasteiger partial charge in [-0.05, 0) is 17.1 Å². The third-order valence-corrected chi connectivity index (χ3v) is 3.91. The zero-order valence-corrected chi connectivity index (χ0v) is 10.6. The summed E-state index contributed by atoms with van der Waals surface area (Å²) in [5.41, 5.74) is 6.31. The Morgan fingerprint density at radius 1 is 1.23 bits per heavy atom. The molecule has 2 atom stereocenters. The summed E-state index contributed by atoms with van der Waals surface area (Å²) in [6, 6.07) is 0.321. The highest BCUT2D eigenvalue weighted by Crippen LogP contribution is 2.22. The van der Waals surface area contributed by atoms with Gasteiger partial charge in [0.1, 0.15) is 0 Å². The van der Waals surface area contributed by atoms with Gasteiger partial charge in [0.25, 0.3) is 0 Å². The van der Waals surface area contributed by atoms with Crippen molar-refractivity contribution in [1.82, 2.24) is 0 Å². The van der Waals surface area contributed by atoms with E-state index in [2.05, 4.69) is 34.6 Å². The predicted octanol–water partition coefficient (Wildman–Crippen LogP) is 3.14. The van der Waals surface area contributed by atoms with Crippen molar-refractivity contribution >= 4 is 11.8 Å². The maximum absolute atomic E-state index is 6.06. The van der Waals surface area contributed by atoms with Gasteiger partial charge >= 0.3 is 0 Å². The van der Waals surface area contributed by atoms with E-state index in [-0.39, 0.29) is 5.41 Å². The lowest BCUT2D eigenvalue weighted by Crippen LogP contribution is -2.37. The van der Waals surface area contributed by atoms with E-state index >= 15 is 0 Å². The van der Waals surface area contributed by atoms with Crippen LogP contribution in [0.2, 0.25) is 0 Å². The van der Waals surface area contributed by atoms with Crippen LogP contribution in [0.5, 0.6) is 0 Å². The minimum absolute atomic E-state index is 0.252. The molecule has 2 N–H and O–H groups in total. The van der Waals surface area contributed by atoms with E-state index in [9.17, 15) is 0 Å². The van der Waals surface area contributed by atoms with Crippen LogP contribution in [0.3, 0.4) is 0 Å². The fourth-order valence-corrected chi connectivity index (χ4v) is 2.29. The summed E-state index contributed by atoms with van der Waals surface area (Å²) < 4.78 is 0. The molecule has 0 bridgehead atoms. The SMILES string of the molecule is CCC(C)CSCC(N)C(C)(C)C. The van der Waals surface area contributed by atoms with Crippen molar-refractivity contribution in [1.29, 1.82) is 0 Å². The van der Waals surface area contributed by atoms with Gasteiger partial charge in [-0.2, -0.15) is 11.8 Å². The van der Waals surface area contributed by atoms with E-state index in [1.807, 2.05) is 11.8 Å². The second-order valence-electron chi connectivity index (χ2n) is 5.02. The average Bonchev–Trinajstić information content (AvgIpc) is 2.02. The second kappa shape index (κ2) is 5.92. The van der Waals surface area contributed by atoms with Crippen molar-refractivity contribution in [2.75, 3.05) is 11.5 Å². The molecule has 0 saturated heterocycles. The minimum Gasteiger partial charge on any atom is -0.326 e. The molecule has 2 heteroatoms. The lowest BCUT2D eigenvalue weighted by molar-refractivity contribution is 0.344. The molecule has 1 nitrogen and oxygen atoms in total. The van der Waals surface area contributed by atoms with Crippen molar-refractivity contribution in [2.45, 2.75) is 47.1 Å². The maximum Gasteiger partial charge on any atom is 0.0179 e. The average molecular weight is 203 g/mol. The molecule has 0 aliphatic heterocycles. The Balaban J connectivity index is 3.54. The standard InChI is InChI=1S/C11H25NS/c1-6-9(2)7-13-8-10(12)11(3,4)5/h9-10H,6-8,12H2,1-5H3. The topological polar surface area (TPSA) is 26.0 Å². The first kappa shape index (κ1) is 13.3. The molecule has 0 rings (SSSR count). The van der Waals surface area contributed by atoms with Gasteiger partial charge in [0.05, 0.1) is 0 Å². The molecular weight excluding hydrogens is 178 g/mol. The number of thioether (sulfide) groups is 1. The van der Waals surface area contributed by atoms with Gasteiger partial charge < -0.3 is 5.73 Å². The van der Waals surface area contributed by atoms with Crippen molar-refractivity contribution < 1.29 is 0 Å². The van der Waals surface area contributed by atoms with Crippen molar-refractivity contribution in [3.63, 3.8) is 0 Å². The lowest BCUT2D eigenvalue weighted by Gasteiger charge is -2.26. The van der Waals surface area contributed by atoms with E-state index in [4.69, 9.17) is 5.73 Å². The molecule has 13 heavy (non-hydrogen) atoms. The van der Waals surface area contributed by atoms with E-state index < -0.39 is 0 Å². The summed E-state index contributed by atoms with van der Waals surface area (Å²) in [4.78, 5) is 0. The molecule has 2 unspecified atom stereocenters. The third-order valence-electron chi connectivity index (χ3n) is 2.51. The Kier molecular flexibility index (Phi) is 6.06. The molecule has 80 valence electrons. The van der Waals surface area contributed by atoms with Gasteiger partial charge in [0, 0.05) is 11.8 Å². The number of nitrogens with two attached hydrogens (primary N) is 1. The van der Waals surface area contributed by atoms with Crippen LogP contribution in [-0.2, 0) is 0 Å². The summed E-state index contributed by atoms with van der Waals surface area (Å²) in [6.07, 6.45) is 1.28. The number of hydrogen-bond acceptors (Lipinski definition) is 2. The Morgan fingerprint density at radius 3 is 2.15 bits per heavy atom. The van der Waals surface area contributed by atoms with Gasteiger partial charge in [-0.3, -0.25) is 0 Å². The molecule has 0 aromatic heterocycles. The first-order valence-electron chi connectivity index (χ1n) is 5.21. The normalized spacial score (nSPS) is 17.1. The Morgan fingerprint density at radius 2 is 1.77 bits per heavy atom. The smallest absolute Gasteiger partial charge is 0.0179 e. The zero-order chi connectivity index (χ0) is 10.5. The molecule has 0 fully saturated rings. The van der Waals surface area contributed by atoms with Crippen molar-refractivity contribution in [2.24, 2.45) is 17.1 Å². The predicted molar refractivity (Wildman–Crippen MR) is 64.2 cm³/mol. The second-order valence-corrected chi connectivity index (χ2v) is 6.10. The van der Waals surface area contributed by atoms with Crippen molar-refractivity contribution in [3.8, 4) is 0 Å². The van der Waals surface area contributed by atoms with Crippen LogP contribution < -0.4 is 5.73 Å². The fraction of sp³-hybridized carbons (Fsp3) is 1.00. The summed E-state index contributed by atoms with van der Waals surface area (Å²) in [7, 11) is 0. The molecule has 0 amide bonds. The van der Waals surface area contributed by atoms with E-state index in [1.165, 1.54) is 12.2 Å². The monoisotopic (exact) mass is 203 g/mol. The molecule has 0 spiro atoms.